The number of amides is 1. The lowest BCUT2D eigenvalue weighted by Crippen LogP contribution is -2.31. The van der Waals surface area contributed by atoms with Crippen LogP contribution >= 0.6 is 11.3 Å². The molecule has 1 unspecified atom stereocenters. The van der Waals surface area contributed by atoms with Crippen LogP contribution in [-0.2, 0) is 16.0 Å². The lowest BCUT2D eigenvalue weighted by Gasteiger charge is -2.25. The number of ether oxygens (including phenoxy) is 2. The van der Waals surface area contributed by atoms with Crippen LogP contribution in [0.5, 0.6) is 11.5 Å². The summed E-state index contributed by atoms with van der Waals surface area (Å²) < 4.78 is 10.8. The first-order valence-corrected chi connectivity index (χ1v) is 12.2. The zero-order valence-corrected chi connectivity index (χ0v) is 19.7. The van der Waals surface area contributed by atoms with Crippen LogP contribution < -0.4 is 9.47 Å². The predicted molar refractivity (Wildman–Crippen MR) is 133 cm³/mol. The molecule has 1 amide bonds. The number of likely N-dealkylation sites (tertiary alicyclic amines) is 1. The number of rotatable bonds is 5. The number of carbonyl (C=O) groups excluding carboxylic acids is 2. The molecular weight excluding hydrogens is 464 g/mol. The number of hydrogen-bond acceptors (Lipinski definition) is 6. The monoisotopic (exact) mass is 486 g/mol. The molecule has 1 fully saturated rings. The molecule has 35 heavy (non-hydrogen) atoms. The van der Waals surface area contributed by atoms with E-state index in [0.29, 0.717) is 30.0 Å². The Kier molecular flexibility index (Phi) is 5.11. The Morgan fingerprint density at radius 1 is 1.14 bits per heavy atom. The summed E-state index contributed by atoms with van der Waals surface area (Å²) in [4.78, 5) is 32.3. The number of para-hydroxylation sites is 1. The molecule has 2 N–H and O–H groups in total. The summed E-state index contributed by atoms with van der Waals surface area (Å²) in [5, 5.41) is 14.3. The van der Waals surface area contributed by atoms with E-state index in [1.54, 1.807) is 23.1 Å². The molecule has 1 atom stereocenters. The number of carbonyl (C=O) groups is 2. The average molecular weight is 487 g/mol. The van der Waals surface area contributed by atoms with E-state index in [9.17, 15) is 14.7 Å². The molecule has 2 aromatic carbocycles. The second-order valence-corrected chi connectivity index (χ2v) is 9.59. The van der Waals surface area contributed by atoms with Gasteiger partial charge in [0.1, 0.15) is 5.76 Å². The van der Waals surface area contributed by atoms with Crippen molar-refractivity contribution in [3.63, 3.8) is 0 Å². The van der Waals surface area contributed by atoms with Gasteiger partial charge in [0.2, 0.25) is 6.79 Å². The number of Topliss-reactive ketones (excluding diaryl/α,β-unsaturated/α-hetero) is 1. The van der Waals surface area contributed by atoms with Gasteiger partial charge in [-0.2, -0.15) is 0 Å². The summed E-state index contributed by atoms with van der Waals surface area (Å²) in [6.07, 6.45) is 2.52. The fraction of sp³-hybridized carbons (Fsp3) is 0.185. The predicted octanol–water partition coefficient (Wildman–Crippen LogP) is 4.93. The fourth-order valence-electron chi connectivity index (χ4n) is 4.83. The Hall–Kier alpha value is -4.04. The van der Waals surface area contributed by atoms with E-state index in [0.717, 1.165) is 26.9 Å². The molecule has 6 rings (SSSR count). The van der Waals surface area contributed by atoms with Crippen LogP contribution in [0.4, 0.5) is 0 Å². The van der Waals surface area contributed by atoms with Gasteiger partial charge in [0.25, 0.3) is 11.7 Å². The number of aliphatic hydroxyl groups is 1. The van der Waals surface area contributed by atoms with Gasteiger partial charge in [-0.3, -0.25) is 9.59 Å². The number of nitrogens with zero attached hydrogens (tertiary/aromatic N) is 1. The molecule has 4 aromatic rings. The van der Waals surface area contributed by atoms with Gasteiger partial charge in [-0.25, -0.2) is 0 Å². The van der Waals surface area contributed by atoms with E-state index in [1.165, 1.54) is 11.3 Å². The maximum absolute atomic E-state index is 13.3. The van der Waals surface area contributed by atoms with Crippen LogP contribution in [0.2, 0.25) is 0 Å². The smallest absolute Gasteiger partial charge is 0.295 e. The highest BCUT2D eigenvalue weighted by molar-refractivity contribution is 7.10. The Labute approximate surface area is 205 Å². The molecule has 0 bridgehead atoms. The number of aliphatic hydroxyl groups excluding tert-OH is 1. The third-order valence-electron chi connectivity index (χ3n) is 6.63. The van der Waals surface area contributed by atoms with Gasteiger partial charge in [0, 0.05) is 34.1 Å². The molecule has 2 aromatic heterocycles. The van der Waals surface area contributed by atoms with E-state index in [4.69, 9.17) is 9.47 Å². The third kappa shape index (κ3) is 3.49. The molecule has 7 nitrogen and oxygen atoms in total. The summed E-state index contributed by atoms with van der Waals surface area (Å²) in [5.74, 6) is -0.436. The number of fused-ring (bicyclic) bond motifs is 2. The molecule has 0 radical (unpaired) electrons. The molecule has 2 aliphatic rings. The van der Waals surface area contributed by atoms with Crippen LogP contribution in [0.3, 0.4) is 0 Å². The largest absolute Gasteiger partial charge is 0.507 e. The molecule has 4 heterocycles. The summed E-state index contributed by atoms with van der Waals surface area (Å²) >= 11 is 1.47. The van der Waals surface area contributed by atoms with Crippen molar-refractivity contribution in [3.05, 3.63) is 87.2 Å². The minimum atomic E-state index is -0.683. The van der Waals surface area contributed by atoms with Gasteiger partial charge < -0.3 is 24.5 Å². The Bertz CT molecular complexity index is 1510. The van der Waals surface area contributed by atoms with Crippen LogP contribution in [0, 0.1) is 6.92 Å². The first-order chi connectivity index (χ1) is 17.0. The Balaban J connectivity index is 1.41. The van der Waals surface area contributed by atoms with Gasteiger partial charge in [-0.05, 0) is 60.2 Å². The van der Waals surface area contributed by atoms with Crippen molar-refractivity contribution in [3.8, 4) is 11.5 Å². The quantitative estimate of drug-likeness (QED) is 0.237. The van der Waals surface area contributed by atoms with Crippen LogP contribution in [0.25, 0.3) is 16.7 Å². The standard InChI is InChI=1S/C27H22N2O5S/c1-15-9-11-35-26(15)23-22(24(30)16-6-7-20-21(12-16)34-14-33-20)25(31)27(32)29(23)10-8-17-13-28-19-5-3-2-4-18(17)19/h2-7,9,11-13,23,28,30H,8,10,14H2,1H3/b24-22-. The summed E-state index contributed by atoms with van der Waals surface area (Å²) in [5.41, 5.74) is 3.56. The van der Waals surface area contributed by atoms with Gasteiger partial charge in [0.05, 0.1) is 11.6 Å². The topological polar surface area (TPSA) is 91.9 Å². The van der Waals surface area contributed by atoms with Crippen molar-refractivity contribution >= 4 is 39.7 Å². The molecule has 0 aliphatic carbocycles. The molecule has 0 saturated carbocycles. The van der Waals surface area contributed by atoms with Crippen LogP contribution in [-0.4, -0.2) is 40.0 Å². The first-order valence-electron chi connectivity index (χ1n) is 11.3. The number of ketones is 1. The number of hydrogen-bond donors (Lipinski definition) is 2. The first kappa shape index (κ1) is 21.5. The van der Waals surface area contributed by atoms with Gasteiger partial charge in [-0.15, -0.1) is 11.3 Å². The Morgan fingerprint density at radius 2 is 1.97 bits per heavy atom. The molecule has 176 valence electrons. The number of H-pyrrole nitrogens is 1. The van der Waals surface area contributed by atoms with E-state index < -0.39 is 17.7 Å². The normalized spacial score (nSPS) is 18.7. The van der Waals surface area contributed by atoms with Crippen molar-refractivity contribution in [2.75, 3.05) is 13.3 Å². The molecule has 2 aliphatic heterocycles. The zero-order chi connectivity index (χ0) is 24.1. The lowest BCUT2D eigenvalue weighted by molar-refractivity contribution is -0.139. The van der Waals surface area contributed by atoms with Gasteiger partial charge in [-0.1, -0.05) is 18.2 Å². The van der Waals surface area contributed by atoms with Crippen molar-refractivity contribution in [2.45, 2.75) is 19.4 Å². The molecular formula is C27H22N2O5S. The van der Waals surface area contributed by atoms with E-state index >= 15 is 0 Å². The van der Waals surface area contributed by atoms with Crippen molar-refractivity contribution in [2.24, 2.45) is 0 Å². The highest BCUT2D eigenvalue weighted by Crippen LogP contribution is 2.44. The second-order valence-electron chi connectivity index (χ2n) is 8.64. The summed E-state index contributed by atoms with van der Waals surface area (Å²) in [6.45, 7) is 2.39. The highest BCUT2D eigenvalue weighted by atomic mass is 32.1. The number of aryl methyl sites for hydroxylation is 1. The SMILES string of the molecule is Cc1ccsc1C1/C(=C(/O)c2ccc3c(c2)OCO3)C(=O)C(=O)N1CCc1c[nH]c2ccccc12. The number of aromatic nitrogens is 1. The average Bonchev–Trinajstić information content (AvgIpc) is 3.64. The van der Waals surface area contributed by atoms with Gasteiger partial charge in [0.15, 0.2) is 11.5 Å². The number of nitrogens with one attached hydrogen (secondary N) is 1. The number of thiophene rings is 1. The minimum absolute atomic E-state index is 0.0957. The minimum Gasteiger partial charge on any atom is -0.507 e. The maximum Gasteiger partial charge on any atom is 0.295 e. The summed E-state index contributed by atoms with van der Waals surface area (Å²) in [7, 11) is 0. The number of aromatic amines is 1. The van der Waals surface area contributed by atoms with E-state index in [1.807, 2.05) is 48.8 Å². The number of benzene rings is 2. The maximum atomic E-state index is 13.3. The third-order valence-corrected chi connectivity index (χ3v) is 7.70. The van der Waals surface area contributed by atoms with Crippen molar-refractivity contribution in [1.82, 2.24) is 9.88 Å². The molecule has 1 saturated heterocycles. The molecule has 0 spiro atoms. The van der Waals surface area contributed by atoms with Gasteiger partial charge >= 0.3 is 0 Å². The summed E-state index contributed by atoms with van der Waals surface area (Å²) in [6, 6.07) is 14.3. The van der Waals surface area contributed by atoms with E-state index in [-0.39, 0.29) is 18.1 Å². The van der Waals surface area contributed by atoms with Crippen molar-refractivity contribution in [1.29, 1.82) is 0 Å². The Morgan fingerprint density at radius 3 is 2.80 bits per heavy atom. The van der Waals surface area contributed by atoms with Crippen LogP contribution in [0.15, 0.2) is 65.7 Å². The highest BCUT2D eigenvalue weighted by Gasteiger charge is 2.47. The zero-order valence-electron chi connectivity index (χ0n) is 18.9. The molecule has 8 heteroatoms. The fourth-order valence-corrected chi connectivity index (χ4v) is 5.87. The lowest BCUT2D eigenvalue weighted by atomic mass is 9.98. The van der Waals surface area contributed by atoms with E-state index in [2.05, 4.69) is 4.98 Å². The second kappa shape index (κ2) is 8.32. The van der Waals surface area contributed by atoms with Crippen molar-refractivity contribution < 1.29 is 24.2 Å². The van der Waals surface area contributed by atoms with Crippen LogP contribution in [0.1, 0.15) is 27.6 Å².